The summed E-state index contributed by atoms with van der Waals surface area (Å²) in [6.45, 7) is 1.98. The van der Waals surface area contributed by atoms with Crippen molar-refractivity contribution in [2.45, 2.75) is 25.9 Å². The van der Waals surface area contributed by atoms with Crippen molar-refractivity contribution in [1.29, 1.82) is 0 Å². The Morgan fingerprint density at radius 3 is 2.62 bits per heavy atom. The van der Waals surface area contributed by atoms with Gasteiger partial charge in [-0.05, 0) is 36.8 Å². The van der Waals surface area contributed by atoms with Crippen molar-refractivity contribution in [3.8, 4) is 5.75 Å². The third-order valence-electron chi connectivity index (χ3n) is 3.39. The molecule has 2 unspecified atom stereocenters. The predicted molar refractivity (Wildman–Crippen MR) is 59.8 cm³/mol. The zero-order valence-corrected chi connectivity index (χ0v) is 9.61. The SMILES string of the molecule is COc1ccc(C(O)C(C)C2CC2)c(F)c1. The molecule has 0 bridgehead atoms. The lowest BCUT2D eigenvalue weighted by Crippen LogP contribution is -2.12. The fourth-order valence-corrected chi connectivity index (χ4v) is 2.04. The third-order valence-corrected chi connectivity index (χ3v) is 3.39. The number of benzene rings is 1. The van der Waals surface area contributed by atoms with E-state index in [0.29, 0.717) is 17.2 Å². The van der Waals surface area contributed by atoms with Gasteiger partial charge in [-0.3, -0.25) is 0 Å². The maximum atomic E-state index is 13.7. The fourth-order valence-electron chi connectivity index (χ4n) is 2.04. The minimum absolute atomic E-state index is 0.128. The fraction of sp³-hybridized carbons (Fsp3) is 0.538. The van der Waals surface area contributed by atoms with Gasteiger partial charge in [-0.15, -0.1) is 0 Å². The number of halogens is 1. The second kappa shape index (κ2) is 4.42. The summed E-state index contributed by atoms with van der Waals surface area (Å²) in [5, 5.41) is 10.1. The lowest BCUT2D eigenvalue weighted by molar-refractivity contribution is 0.102. The molecule has 0 radical (unpaired) electrons. The van der Waals surface area contributed by atoms with Gasteiger partial charge in [0.05, 0.1) is 13.2 Å². The van der Waals surface area contributed by atoms with Gasteiger partial charge in [-0.25, -0.2) is 4.39 Å². The largest absolute Gasteiger partial charge is 0.497 e. The zero-order valence-electron chi connectivity index (χ0n) is 9.61. The monoisotopic (exact) mass is 224 g/mol. The van der Waals surface area contributed by atoms with Crippen LogP contribution < -0.4 is 4.74 Å². The highest BCUT2D eigenvalue weighted by molar-refractivity contribution is 5.30. The van der Waals surface area contributed by atoms with Gasteiger partial charge in [0.25, 0.3) is 0 Å². The number of aliphatic hydroxyl groups excluding tert-OH is 1. The number of hydrogen-bond acceptors (Lipinski definition) is 2. The standard InChI is InChI=1S/C13H17FO2/c1-8(9-3-4-9)13(15)11-6-5-10(16-2)7-12(11)14/h5-9,13,15H,3-4H2,1-2H3. The van der Waals surface area contributed by atoms with Crippen molar-refractivity contribution in [1.82, 2.24) is 0 Å². The molecule has 0 aromatic heterocycles. The molecule has 0 aliphatic heterocycles. The van der Waals surface area contributed by atoms with Gasteiger partial charge >= 0.3 is 0 Å². The van der Waals surface area contributed by atoms with Crippen LogP contribution >= 0.6 is 0 Å². The molecule has 3 heteroatoms. The number of hydrogen-bond donors (Lipinski definition) is 1. The first kappa shape index (κ1) is 11.4. The van der Waals surface area contributed by atoms with E-state index in [1.807, 2.05) is 6.92 Å². The van der Waals surface area contributed by atoms with Gasteiger partial charge in [0.15, 0.2) is 0 Å². The van der Waals surface area contributed by atoms with Crippen LogP contribution in [0.5, 0.6) is 5.75 Å². The lowest BCUT2D eigenvalue weighted by Gasteiger charge is -2.19. The Bertz CT molecular complexity index is 374. The molecule has 0 spiro atoms. The number of aliphatic hydroxyl groups is 1. The van der Waals surface area contributed by atoms with Gasteiger partial charge in [-0.2, -0.15) is 0 Å². The van der Waals surface area contributed by atoms with E-state index in [9.17, 15) is 9.50 Å². The molecule has 2 nitrogen and oxygen atoms in total. The molecule has 1 saturated carbocycles. The van der Waals surface area contributed by atoms with E-state index in [-0.39, 0.29) is 11.7 Å². The summed E-state index contributed by atoms with van der Waals surface area (Å²) >= 11 is 0. The van der Waals surface area contributed by atoms with E-state index < -0.39 is 6.10 Å². The third kappa shape index (κ3) is 2.19. The molecule has 0 saturated heterocycles. The number of methoxy groups -OCH3 is 1. The normalized spacial score (nSPS) is 19.2. The van der Waals surface area contributed by atoms with Crippen molar-refractivity contribution in [2.24, 2.45) is 11.8 Å². The first-order chi connectivity index (χ1) is 7.63. The highest BCUT2D eigenvalue weighted by atomic mass is 19.1. The van der Waals surface area contributed by atoms with E-state index in [4.69, 9.17) is 4.74 Å². The van der Waals surface area contributed by atoms with Gasteiger partial charge in [0.2, 0.25) is 0 Å². The lowest BCUT2D eigenvalue weighted by atomic mass is 9.93. The molecule has 1 aliphatic carbocycles. The summed E-state index contributed by atoms with van der Waals surface area (Å²) in [5.74, 6) is 0.770. The highest BCUT2D eigenvalue weighted by Crippen LogP contribution is 2.43. The number of ether oxygens (including phenoxy) is 1. The Morgan fingerprint density at radius 1 is 1.44 bits per heavy atom. The second-order valence-electron chi connectivity index (χ2n) is 4.53. The molecule has 0 heterocycles. The summed E-state index contributed by atoms with van der Waals surface area (Å²) in [4.78, 5) is 0. The van der Waals surface area contributed by atoms with Crippen LogP contribution in [-0.4, -0.2) is 12.2 Å². The van der Waals surface area contributed by atoms with Crippen LogP contribution in [0.4, 0.5) is 4.39 Å². The first-order valence-corrected chi connectivity index (χ1v) is 5.65. The number of rotatable bonds is 4. The average Bonchev–Trinajstić information content (AvgIpc) is 3.10. The first-order valence-electron chi connectivity index (χ1n) is 5.65. The summed E-state index contributed by atoms with van der Waals surface area (Å²) in [5.41, 5.74) is 0.375. The van der Waals surface area contributed by atoms with Gasteiger partial charge < -0.3 is 9.84 Å². The molecular formula is C13H17FO2. The molecule has 1 aromatic rings. The summed E-state index contributed by atoms with van der Waals surface area (Å²) < 4.78 is 18.6. The average molecular weight is 224 g/mol. The van der Waals surface area contributed by atoms with Crippen molar-refractivity contribution < 1.29 is 14.2 Å². The summed E-state index contributed by atoms with van der Waals surface area (Å²) in [7, 11) is 1.50. The molecule has 16 heavy (non-hydrogen) atoms. The van der Waals surface area contributed by atoms with Crippen LogP contribution in [0.3, 0.4) is 0 Å². The summed E-state index contributed by atoms with van der Waals surface area (Å²) in [6.07, 6.45) is 1.59. The molecule has 0 amide bonds. The van der Waals surface area contributed by atoms with Crippen molar-refractivity contribution in [2.75, 3.05) is 7.11 Å². The van der Waals surface area contributed by atoms with Gasteiger partial charge in [-0.1, -0.05) is 6.92 Å². The Morgan fingerprint density at radius 2 is 2.12 bits per heavy atom. The highest BCUT2D eigenvalue weighted by Gasteiger charge is 2.34. The Labute approximate surface area is 95.1 Å². The molecule has 2 rings (SSSR count). The van der Waals surface area contributed by atoms with E-state index in [1.54, 1.807) is 12.1 Å². The molecule has 1 N–H and O–H groups in total. The zero-order chi connectivity index (χ0) is 11.7. The van der Waals surface area contributed by atoms with Crippen molar-refractivity contribution in [3.63, 3.8) is 0 Å². The molecule has 1 fully saturated rings. The van der Waals surface area contributed by atoms with Gasteiger partial charge in [0, 0.05) is 11.6 Å². The predicted octanol–water partition coefficient (Wildman–Crippen LogP) is 2.91. The van der Waals surface area contributed by atoms with Crippen molar-refractivity contribution in [3.05, 3.63) is 29.6 Å². The van der Waals surface area contributed by atoms with Crippen LogP contribution in [0, 0.1) is 17.7 Å². The molecule has 1 aromatic carbocycles. The van der Waals surface area contributed by atoms with Crippen LogP contribution in [-0.2, 0) is 0 Å². The maximum Gasteiger partial charge on any atom is 0.132 e. The smallest absolute Gasteiger partial charge is 0.132 e. The van der Waals surface area contributed by atoms with Crippen LogP contribution in [0.2, 0.25) is 0 Å². The van der Waals surface area contributed by atoms with E-state index >= 15 is 0 Å². The molecule has 2 atom stereocenters. The van der Waals surface area contributed by atoms with E-state index in [0.717, 1.165) is 12.8 Å². The Balaban J connectivity index is 2.18. The topological polar surface area (TPSA) is 29.5 Å². The van der Waals surface area contributed by atoms with Crippen LogP contribution in [0.15, 0.2) is 18.2 Å². The Kier molecular flexibility index (Phi) is 3.15. The summed E-state index contributed by atoms with van der Waals surface area (Å²) in [6, 6.07) is 4.61. The Hall–Kier alpha value is -1.09. The van der Waals surface area contributed by atoms with Gasteiger partial charge in [0.1, 0.15) is 11.6 Å². The molecule has 1 aliphatic rings. The minimum Gasteiger partial charge on any atom is -0.497 e. The quantitative estimate of drug-likeness (QED) is 0.852. The van der Waals surface area contributed by atoms with Crippen LogP contribution in [0.25, 0.3) is 0 Å². The van der Waals surface area contributed by atoms with E-state index in [2.05, 4.69) is 0 Å². The molecular weight excluding hydrogens is 207 g/mol. The van der Waals surface area contributed by atoms with E-state index in [1.165, 1.54) is 13.2 Å². The molecule has 88 valence electrons. The van der Waals surface area contributed by atoms with Crippen molar-refractivity contribution >= 4 is 0 Å². The second-order valence-corrected chi connectivity index (χ2v) is 4.53. The minimum atomic E-state index is -0.710. The maximum absolute atomic E-state index is 13.7. The van der Waals surface area contributed by atoms with Crippen LogP contribution in [0.1, 0.15) is 31.4 Å².